The van der Waals surface area contributed by atoms with E-state index in [-0.39, 0.29) is 6.42 Å². The van der Waals surface area contributed by atoms with Crippen molar-refractivity contribution in [1.82, 2.24) is 5.32 Å². The van der Waals surface area contributed by atoms with Gasteiger partial charge < -0.3 is 19.9 Å². The van der Waals surface area contributed by atoms with Crippen molar-refractivity contribution < 1.29 is 24.2 Å². The van der Waals surface area contributed by atoms with Gasteiger partial charge >= 0.3 is 12.1 Å². The molecule has 6 heteroatoms. The molecule has 0 bridgehead atoms. The van der Waals surface area contributed by atoms with E-state index in [1.807, 2.05) is 0 Å². The topological polar surface area (TPSA) is 84.9 Å². The zero-order valence-electron chi connectivity index (χ0n) is 10.9. The lowest BCUT2D eigenvalue weighted by molar-refractivity contribution is -0.143. The van der Waals surface area contributed by atoms with Crippen LogP contribution in [0, 0.1) is 0 Å². The van der Waals surface area contributed by atoms with Gasteiger partial charge in [-0.25, -0.2) is 4.79 Å². The number of carbonyl (C=O) groups excluding carboxylic acids is 2. The first-order valence-electron chi connectivity index (χ1n) is 5.40. The number of aliphatic hydroxyl groups is 1. The Labute approximate surface area is 101 Å². The van der Waals surface area contributed by atoms with E-state index in [1.54, 1.807) is 27.7 Å². The molecule has 0 aromatic rings. The minimum Gasteiger partial charge on any atom is -0.469 e. The molecule has 0 saturated heterocycles. The molecule has 0 radical (unpaired) electrons. The summed E-state index contributed by atoms with van der Waals surface area (Å²) in [7, 11) is 1.24. The number of alkyl carbamates (subject to hydrolysis) is 1. The van der Waals surface area contributed by atoms with Crippen LogP contribution in [-0.2, 0) is 14.3 Å². The predicted octanol–water partition coefficient (Wildman–Crippen LogP) is 0.824. The van der Waals surface area contributed by atoms with Gasteiger partial charge in [-0.05, 0) is 27.7 Å². The highest BCUT2D eigenvalue weighted by Crippen LogP contribution is 2.08. The number of hydrogen-bond donors (Lipinski definition) is 2. The van der Waals surface area contributed by atoms with Gasteiger partial charge in [-0.15, -0.1) is 0 Å². The molecule has 0 aromatic carbocycles. The van der Waals surface area contributed by atoms with Gasteiger partial charge in [0.15, 0.2) is 0 Å². The zero-order valence-corrected chi connectivity index (χ0v) is 10.9. The van der Waals surface area contributed by atoms with Gasteiger partial charge in [0, 0.05) is 0 Å². The minimum absolute atomic E-state index is 0.173. The van der Waals surface area contributed by atoms with Crippen molar-refractivity contribution in [3.8, 4) is 0 Å². The predicted molar refractivity (Wildman–Crippen MR) is 61.5 cm³/mol. The maximum atomic E-state index is 11.4. The number of esters is 1. The van der Waals surface area contributed by atoms with Crippen LogP contribution in [0.5, 0.6) is 0 Å². The number of nitrogens with one attached hydrogen (secondary N) is 1. The number of ether oxygens (including phenoxy) is 2. The summed E-state index contributed by atoms with van der Waals surface area (Å²) < 4.78 is 9.43. The molecular formula is C11H21NO5. The lowest BCUT2D eigenvalue weighted by Gasteiger charge is -2.23. The molecule has 0 unspecified atom stereocenters. The SMILES string of the molecule is COC(=O)C[C@H](O)[C@@H](C)NC(=O)OC(C)(C)C. The Balaban J connectivity index is 4.12. The van der Waals surface area contributed by atoms with E-state index < -0.39 is 29.8 Å². The molecule has 0 aliphatic rings. The minimum atomic E-state index is -1.00. The van der Waals surface area contributed by atoms with Crippen molar-refractivity contribution in [2.75, 3.05) is 7.11 Å². The summed E-state index contributed by atoms with van der Waals surface area (Å²) in [4.78, 5) is 22.3. The number of methoxy groups -OCH3 is 1. The molecule has 0 spiro atoms. The first-order chi connectivity index (χ1) is 7.65. The van der Waals surface area contributed by atoms with Crippen LogP contribution in [0.15, 0.2) is 0 Å². The average Bonchev–Trinajstić information content (AvgIpc) is 2.14. The van der Waals surface area contributed by atoms with Crippen molar-refractivity contribution in [3.63, 3.8) is 0 Å². The fourth-order valence-corrected chi connectivity index (χ4v) is 1.02. The standard InChI is InChI=1S/C11H21NO5/c1-7(8(13)6-9(14)16-5)12-10(15)17-11(2,3)4/h7-8,13H,6H2,1-5H3,(H,12,15)/t7-,8+/m1/s1. The second-order valence-electron chi connectivity index (χ2n) is 4.78. The quantitative estimate of drug-likeness (QED) is 0.718. The van der Waals surface area contributed by atoms with Crippen LogP contribution in [0.3, 0.4) is 0 Å². The van der Waals surface area contributed by atoms with Gasteiger partial charge in [0.05, 0.1) is 25.7 Å². The van der Waals surface area contributed by atoms with E-state index in [4.69, 9.17) is 4.74 Å². The van der Waals surface area contributed by atoms with Crippen LogP contribution in [0.4, 0.5) is 4.79 Å². The molecule has 0 aliphatic heterocycles. The van der Waals surface area contributed by atoms with E-state index in [2.05, 4.69) is 10.1 Å². The van der Waals surface area contributed by atoms with E-state index in [0.717, 1.165) is 0 Å². The van der Waals surface area contributed by atoms with E-state index >= 15 is 0 Å². The molecule has 100 valence electrons. The van der Waals surface area contributed by atoms with Gasteiger partial charge in [-0.1, -0.05) is 0 Å². The second kappa shape index (κ2) is 6.44. The van der Waals surface area contributed by atoms with Crippen LogP contribution in [0.25, 0.3) is 0 Å². The number of rotatable bonds is 4. The highest BCUT2D eigenvalue weighted by Gasteiger charge is 2.23. The van der Waals surface area contributed by atoms with Crippen molar-refractivity contribution in [2.24, 2.45) is 0 Å². The Morgan fingerprint density at radius 2 is 1.88 bits per heavy atom. The number of amides is 1. The van der Waals surface area contributed by atoms with Crippen LogP contribution in [-0.4, -0.2) is 42.0 Å². The Kier molecular flexibility index (Phi) is 5.95. The van der Waals surface area contributed by atoms with Gasteiger partial charge in [0.2, 0.25) is 0 Å². The van der Waals surface area contributed by atoms with Gasteiger partial charge in [0.25, 0.3) is 0 Å². The fraction of sp³-hybridized carbons (Fsp3) is 0.818. The Hall–Kier alpha value is -1.30. The van der Waals surface area contributed by atoms with Crippen LogP contribution in [0.1, 0.15) is 34.1 Å². The monoisotopic (exact) mass is 247 g/mol. The number of aliphatic hydroxyl groups excluding tert-OH is 1. The zero-order chi connectivity index (χ0) is 13.6. The third-order valence-electron chi connectivity index (χ3n) is 1.93. The Bertz CT molecular complexity index is 272. The van der Waals surface area contributed by atoms with Crippen molar-refractivity contribution in [1.29, 1.82) is 0 Å². The van der Waals surface area contributed by atoms with Gasteiger partial charge in [-0.2, -0.15) is 0 Å². The summed E-state index contributed by atoms with van der Waals surface area (Å²) in [5.74, 6) is -0.532. The van der Waals surface area contributed by atoms with E-state index in [9.17, 15) is 14.7 Å². The third-order valence-corrected chi connectivity index (χ3v) is 1.93. The number of carbonyl (C=O) groups is 2. The summed E-state index contributed by atoms with van der Waals surface area (Å²) in [5, 5.41) is 12.0. The molecule has 0 heterocycles. The first kappa shape index (κ1) is 15.7. The molecule has 2 atom stereocenters. The van der Waals surface area contributed by atoms with Gasteiger partial charge in [0.1, 0.15) is 5.60 Å². The normalized spacial score (nSPS) is 14.7. The van der Waals surface area contributed by atoms with E-state index in [0.29, 0.717) is 0 Å². The lowest BCUT2D eigenvalue weighted by atomic mass is 10.1. The summed E-state index contributed by atoms with van der Waals surface area (Å²) in [5.41, 5.74) is -0.600. The molecule has 1 amide bonds. The maximum absolute atomic E-state index is 11.4. The highest BCUT2D eigenvalue weighted by atomic mass is 16.6. The van der Waals surface area contributed by atoms with Crippen molar-refractivity contribution >= 4 is 12.1 Å². The maximum Gasteiger partial charge on any atom is 0.407 e. The smallest absolute Gasteiger partial charge is 0.407 e. The van der Waals surface area contributed by atoms with Crippen LogP contribution in [0.2, 0.25) is 0 Å². The lowest BCUT2D eigenvalue weighted by Crippen LogP contribution is -2.44. The molecule has 0 aliphatic carbocycles. The first-order valence-corrected chi connectivity index (χ1v) is 5.40. The summed E-state index contributed by atoms with van der Waals surface area (Å²) in [6.07, 6.45) is -1.81. The molecular weight excluding hydrogens is 226 g/mol. The fourth-order valence-electron chi connectivity index (χ4n) is 1.02. The molecule has 0 rings (SSSR count). The summed E-state index contributed by atoms with van der Waals surface area (Å²) in [6, 6.07) is -0.594. The molecule has 0 saturated carbocycles. The van der Waals surface area contributed by atoms with Crippen molar-refractivity contribution in [3.05, 3.63) is 0 Å². The third kappa shape index (κ3) is 7.57. The molecule has 6 nitrogen and oxygen atoms in total. The van der Waals surface area contributed by atoms with Gasteiger partial charge in [-0.3, -0.25) is 4.79 Å². The average molecular weight is 247 g/mol. The summed E-state index contributed by atoms with van der Waals surface area (Å²) in [6.45, 7) is 6.80. The van der Waals surface area contributed by atoms with Crippen LogP contribution >= 0.6 is 0 Å². The largest absolute Gasteiger partial charge is 0.469 e. The second-order valence-corrected chi connectivity index (χ2v) is 4.78. The molecule has 0 fully saturated rings. The highest BCUT2D eigenvalue weighted by molar-refractivity contribution is 5.70. The van der Waals surface area contributed by atoms with E-state index in [1.165, 1.54) is 7.11 Å². The Morgan fingerprint density at radius 1 is 1.35 bits per heavy atom. The number of hydrogen-bond acceptors (Lipinski definition) is 5. The van der Waals surface area contributed by atoms with Crippen LogP contribution < -0.4 is 5.32 Å². The van der Waals surface area contributed by atoms with Crippen molar-refractivity contribution in [2.45, 2.75) is 51.9 Å². The molecule has 2 N–H and O–H groups in total. The molecule has 17 heavy (non-hydrogen) atoms. The Morgan fingerprint density at radius 3 is 2.29 bits per heavy atom. The summed E-state index contributed by atoms with van der Waals surface area (Å²) >= 11 is 0. The molecule has 0 aromatic heterocycles.